The zero-order valence-electron chi connectivity index (χ0n) is 18.9. The van der Waals surface area contributed by atoms with Gasteiger partial charge in [-0.2, -0.15) is 0 Å². The number of thiazole rings is 1. The highest BCUT2D eigenvalue weighted by Crippen LogP contribution is 2.28. The topological polar surface area (TPSA) is 72.7 Å². The number of nitrogens with zero attached hydrogens (tertiary/aromatic N) is 4. The van der Waals surface area contributed by atoms with E-state index >= 15 is 0 Å². The SMILES string of the molecule is CCCCCNC(=O)c1csc(CSc2nnc(Cc3ccccc3)n2-c2cccc(Cl)c2)n1. The maximum absolute atomic E-state index is 12.3. The first-order valence-electron chi connectivity index (χ1n) is 11.2. The molecule has 0 saturated heterocycles. The molecule has 4 aromatic rings. The molecule has 2 aromatic carbocycles. The molecule has 0 fully saturated rings. The monoisotopic (exact) mass is 511 g/mol. The number of amides is 1. The van der Waals surface area contributed by atoms with Gasteiger partial charge in [0.1, 0.15) is 16.5 Å². The fraction of sp³-hybridized carbons (Fsp3) is 0.280. The first-order chi connectivity index (χ1) is 16.6. The summed E-state index contributed by atoms with van der Waals surface area (Å²) in [5, 5.41) is 16.0. The fourth-order valence-electron chi connectivity index (χ4n) is 3.44. The first-order valence-corrected chi connectivity index (χ1v) is 13.5. The van der Waals surface area contributed by atoms with Gasteiger partial charge >= 0.3 is 0 Å². The molecule has 0 aliphatic heterocycles. The van der Waals surface area contributed by atoms with Crippen molar-refractivity contribution < 1.29 is 4.79 Å². The van der Waals surface area contributed by atoms with E-state index in [9.17, 15) is 4.79 Å². The van der Waals surface area contributed by atoms with Crippen LogP contribution in [-0.2, 0) is 12.2 Å². The number of carbonyl (C=O) groups is 1. The van der Waals surface area contributed by atoms with Crippen molar-refractivity contribution in [3.63, 3.8) is 0 Å². The molecule has 1 amide bonds. The molecule has 0 unspecified atom stereocenters. The molecule has 9 heteroatoms. The summed E-state index contributed by atoms with van der Waals surface area (Å²) >= 11 is 9.31. The molecule has 4 rings (SSSR count). The smallest absolute Gasteiger partial charge is 0.270 e. The Hall–Kier alpha value is -2.68. The van der Waals surface area contributed by atoms with E-state index < -0.39 is 0 Å². The van der Waals surface area contributed by atoms with Crippen molar-refractivity contribution in [2.45, 2.75) is 43.5 Å². The summed E-state index contributed by atoms with van der Waals surface area (Å²) in [7, 11) is 0. The maximum Gasteiger partial charge on any atom is 0.270 e. The van der Waals surface area contributed by atoms with Crippen LogP contribution in [0.3, 0.4) is 0 Å². The van der Waals surface area contributed by atoms with Crippen molar-refractivity contribution in [1.29, 1.82) is 0 Å². The molecule has 0 aliphatic rings. The van der Waals surface area contributed by atoms with Crippen LogP contribution >= 0.6 is 34.7 Å². The number of hydrogen-bond acceptors (Lipinski definition) is 6. The summed E-state index contributed by atoms with van der Waals surface area (Å²) in [6.45, 7) is 2.82. The highest BCUT2D eigenvalue weighted by Gasteiger charge is 2.17. The third kappa shape index (κ3) is 6.46. The van der Waals surface area contributed by atoms with Gasteiger partial charge in [-0.05, 0) is 30.2 Å². The number of nitrogens with one attached hydrogen (secondary N) is 1. The highest BCUT2D eigenvalue weighted by molar-refractivity contribution is 7.98. The number of hydrogen-bond donors (Lipinski definition) is 1. The largest absolute Gasteiger partial charge is 0.351 e. The Morgan fingerprint density at radius 3 is 2.76 bits per heavy atom. The van der Waals surface area contributed by atoms with E-state index in [4.69, 9.17) is 11.6 Å². The lowest BCUT2D eigenvalue weighted by Crippen LogP contribution is -2.24. The molecule has 0 aliphatic carbocycles. The molecule has 1 N–H and O–H groups in total. The third-order valence-electron chi connectivity index (χ3n) is 5.15. The lowest BCUT2D eigenvalue weighted by Gasteiger charge is -2.10. The van der Waals surface area contributed by atoms with Crippen LogP contribution in [0.2, 0.25) is 5.02 Å². The van der Waals surface area contributed by atoms with Crippen LogP contribution in [0.1, 0.15) is 53.1 Å². The number of aromatic nitrogens is 4. The molecule has 0 radical (unpaired) electrons. The first kappa shape index (κ1) is 24.4. The predicted molar refractivity (Wildman–Crippen MR) is 139 cm³/mol. The van der Waals surface area contributed by atoms with E-state index in [0.717, 1.165) is 46.5 Å². The minimum atomic E-state index is -0.115. The van der Waals surface area contributed by atoms with Gasteiger partial charge < -0.3 is 5.32 Å². The van der Waals surface area contributed by atoms with Crippen molar-refractivity contribution >= 4 is 40.6 Å². The number of rotatable bonds is 11. The van der Waals surface area contributed by atoms with Gasteiger partial charge in [0, 0.05) is 23.4 Å². The Labute approximate surface area is 212 Å². The Morgan fingerprint density at radius 2 is 1.97 bits per heavy atom. The summed E-state index contributed by atoms with van der Waals surface area (Å²) in [4.78, 5) is 16.9. The summed E-state index contributed by atoms with van der Waals surface area (Å²) in [5.74, 6) is 1.32. The van der Waals surface area contributed by atoms with Crippen LogP contribution in [0.25, 0.3) is 5.69 Å². The van der Waals surface area contributed by atoms with Gasteiger partial charge in [-0.25, -0.2) is 4.98 Å². The van der Waals surface area contributed by atoms with Gasteiger partial charge in [-0.15, -0.1) is 21.5 Å². The van der Waals surface area contributed by atoms with E-state index in [1.165, 1.54) is 11.3 Å². The molecular formula is C25H26ClN5OS2. The van der Waals surface area contributed by atoms with Crippen LogP contribution in [0.5, 0.6) is 0 Å². The minimum Gasteiger partial charge on any atom is -0.351 e. The Bertz CT molecular complexity index is 1230. The lowest BCUT2D eigenvalue weighted by molar-refractivity contribution is 0.0948. The van der Waals surface area contributed by atoms with Crippen LogP contribution in [0, 0.1) is 0 Å². The van der Waals surface area contributed by atoms with Gasteiger partial charge in [0.25, 0.3) is 5.91 Å². The fourth-order valence-corrected chi connectivity index (χ4v) is 5.38. The molecule has 6 nitrogen and oxygen atoms in total. The van der Waals surface area contributed by atoms with Crippen molar-refractivity contribution in [3.05, 3.63) is 87.1 Å². The van der Waals surface area contributed by atoms with Crippen LogP contribution in [0.4, 0.5) is 0 Å². The van der Waals surface area contributed by atoms with E-state index in [1.54, 1.807) is 11.8 Å². The highest BCUT2D eigenvalue weighted by atomic mass is 35.5. The number of thioether (sulfide) groups is 1. The van der Waals surface area contributed by atoms with E-state index in [0.29, 0.717) is 29.4 Å². The quantitative estimate of drug-likeness (QED) is 0.192. The second-order valence-electron chi connectivity index (χ2n) is 7.75. The van der Waals surface area contributed by atoms with Crippen LogP contribution in [-0.4, -0.2) is 32.2 Å². The van der Waals surface area contributed by atoms with Gasteiger partial charge in [0.05, 0.1) is 11.4 Å². The summed E-state index contributed by atoms with van der Waals surface area (Å²) < 4.78 is 2.04. The molecule has 176 valence electrons. The van der Waals surface area contributed by atoms with E-state index in [1.807, 2.05) is 52.4 Å². The number of carbonyl (C=O) groups excluding carboxylic acids is 1. The second-order valence-corrected chi connectivity index (χ2v) is 10.1. The summed E-state index contributed by atoms with van der Waals surface area (Å²) in [5.41, 5.74) is 2.54. The molecular weight excluding hydrogens is 486 g/mol. The lowest BCUT2D eigenvalue weighted by atomic mass is 10.1. The number of unbranched alkanes of at least 4 members (excludes halogenated alkanes) is 2. The van der Waals surface area contributed by atoms with E-state index in [-0.39, 0.29) is 5.91 Å². The molecule has 34 heavy (non-hydrogen) atoms. The normalized spacial score (nSPS) is 11.0. The Morgan fingerprint density at radius 1 is 1.12 bits per heavy atom. The van der Waals surface area contributed by atoms with Crippen LogP contribution < -0.4 is 5.32 Å². The van der Waals surface area contributed by atoms with Crippen molar-refractivity contribution in [2.24, 2.45) is 0 Å². The van der Waals surface area contributed by atoms with Gasteiger partial charge in [-0.3, -0.25) is 9.36 Å². The minimum absolute atomic E-state index is 0.115. The Kier molecular flexibility index (Phi) is 8.73. The van der Waals surface area contributed by atoms with Gasteiger partial charge in [-0.1, -0.05) is 79.5 Å². The van der Waals surface area contributed by atoms with Gasteiger partial charge in [0.15, 0.2) is 5.16 Å². The van der Waals surface area contributed by atoms with Crippen molar-refractivity contribution in [2.75, 3.05) is 6.54 Å². The van der Waals surface area contributed by atoms with Crippen molar-refractivity contribution in [3.8, 4) is 5.69 Å². The standard InChI is InChI=1S/C25H26ClN5OS2/c1-2-3-7-13-27-24(32)21-16-33-23(28-21)17-34-25-30-29-22(14-18-9-5-4-6-10-18)31(25)20-12-8-11-19(26)15-20/h4-6,8-12,15-16H,2-3,7,13-14,17H2,1H3,(H,27,32). The van der Waals surface area contributed by atoms with Crippen molar-refractivity contribution in [1.82, 2.24) is 25.1 Å². The zero-order chi connectivity index (χ0) is 23.8. The number of halogens is 1. The average molecular weight is 512 g/mol. The zero-order valence-corrected chi connectivity index (χ0v) is 21.3. The summed E-state index contributed by atoms with van der Waals surface area (Å²) in [6, 6.07) is 17.9. The average Bonchev–Trinajstić information content (AvgIpc) is 3.48. The Balaban J connectivity index is 1.49. The molecule has 0 saturated carbocycles. The van der Waals surface area contributed by atoms with Crippen LogP contribution in [0.15, 0.2) is 65.1 Å². The molecule has 0 bridgehead atoms. The van der Waals surface area contributed by atoms with Gasteiger partial charge in [0.2, 0.25) is 0 Å². The molecule has 2 aromatic heterocycles. The molecule has 2 heterocycles. The predicted octanol–water partition coefficient (Wildman–Crippen LogP) is 6.18. The summed E-state index contributed by atoms with van der Waals surface area (Å²) in [6.07, 6.45) is 3.87. The second kappa shape index (κ2) is 12.1. The maximum atomic E-state index is 12.3. The third-order valence-corrected chi connectivity index (χ3v) is 7.35. The molecule has 0 spiro atoms. The number of benzene rings is 2. The van der Waals surface area contributed by atoms with E-state index in [2.05, 4.69) is 39.6 Å². The molecule has 0 atom stereocenters.